The van der Waals surface area contributed by atoms with Crippen LogP contribution in [0.1, 0.15) is 39.5 Å². The highest BCUT2D eigenvalue weighted by Gasteiger charge is 2.31. The van der Waals surface area contributed by atoms with Crippen molar-refractivity contribution in [3.63, 3.8) is 0 Å². The van der Waals surface area contributed by atoms with E-state index in [1.807, 2.05) is 6.07 Å². The average molecular weight is 294 g/mol. The third-order valence-corrected chi connectivity index (χ3v) is 4.19. The first-order valence-electron chi connectivity index (χ1n) is 7.95. The van der Waals surface area contributed by atoms with Crippen LogP contribution in [-0.4, -0.2) is 36.4 Å². The number of hydrogen-bond acceptors (Lipinski definition) is 3. The number of aliphatic hydroxyl groups excluding tert-OH is 1. The summed E-state index contributed by atoms with van der Waals surface area (Å²) in [5, 5.41) is 13.1. The fourth-order valence-electron chi connectivity index (χ4n) is 2.72. The van der Waals surface area contributed by atoms with Crippen LogP contribution in [0.15, 0.2) is 24.3 Å². The average Bonchev–Trinajstić information content (AvgIpc) is 3.27. The number of halogens is 1. The van der Waals surface area contributed by atoms with Gasteiger partial charge in [0.05, 0.1) is 6.61 Å². The molecule has 0 spiro atoms. The Morgan fingerprint density at radius 3 is 2.76 bits per heavy atom. The van der Waals surface area contributed by atoms with Crippen LogP contribution >= 0.6 is 0 Å². The monoisotopic (exact) mass is 294 g/mol. The third-order valence-electron chi connectivity index (χ3n) is 4.19. The van der Waals surface area contributed by atoms with Crippen molar-refractivity contribution in [1.82, 2.24) is 5.32 Å². The maximum Gasteiger partial charge on any atom is 0.125 e. The Hall–Kier alpha value is -1.13. The van der Waals surface area contributed by atoms with Crippen LogP contribution in [-0.2, 0) is 0 Å². The standard InChI is InChI=1S/C17H27FN2O/c1-3-20(16-7-4-6-14(18)12-16)11-5-10-17(2,13-21)19-15-8-9-15/h4,6-7,12,15,19,21H,3,5,8-11,13H2,1-2H3. The van der Waals surface area contributed by atoms with Crippen molar-refractivity contribution < 1.29 is 9.50 Å². The summed E-state index contributed by atoms with van der Waals surface area (Å²) in [6.07, 6.45) is 4.34. The van der Waals surface area contributed by atoms with Gasteiger partial charge in [-0.25, -0.2) is 4.39 Å². The van der Waals surface area contributed by atoms with E-state index >= 15 is 0 Å². The lowest BCUT2D eigenvalue weighted by Gasteiger charge is -2.31. The topological polar surface area (TPSA) is 35.5 Å². The Labute approximate surface area is 127 Å². The van der Waals surface area contributed by atoms with Crippen molar-refractivity contribution in [2.75, 3.05) is 24.6 Å². The summed E-state index contributed by atoms with van der Waals surface area (Å²) >= 11 is 0. The lowest BCUT2D eigenvalue weighted by molar-refractivity contribution is 0.162. The summed E-state index contributed by atoms with van der Waals surface area (Å²) in [5.74, 6) is -0.193. The van der Waals surface area contributed by atoms with Gasteiger partial charge in [-0.05, 0) is 57.7 Å². The van der Waals surface area contributed by atoms with Gasteiger partial charge < -0.3 is 15.3 Å². The molecule has 21 heavy (non-hydrogen) atoms. The molecule has 1 aromatic carbocycles. The molecule has 2 N–H and O–H groups in total. The zero-order valence-corrected chi connectivity index (χ0v) is 13.1. The molecule has 4 heteroatoms. The zero-order valence-electron chi connectivity index (χ0n) is 13.1. The molecule has 0 bridgehead atoms. The molecule has 3 nitrogen and oxygen atoms in total. The summed E-state index contributed by atoms with van der Waals surface area (Å²) in [4.78, 5) is 2.18. The lowest BCUT2D eigenvalue weighted by atomic mass is 9.96. The van der Waals surface area contributed by atoms with Crippen molar-refractivity contribution >= 4 is 5.69 Å². The van der Waals surface area contributed by atoms with Crippen LogP contribution in [0.2, 0.25) is 0 Å². The molecule has 1 atom stereocenters. The van der Waals surface area contributed by atoms with Crippen molar-refractivity contribution in [3.8, 4) is 0 Å². The Balaban J connectivity index is 1.84. The summed E-state index contributed by atoms with van der Waals surface area (Å²) in [7, 11) is 0. The maximum atomic E-state index is 13.3. The van der Waals surface area contributed by atoms with Gasteiger partial charge in [0.25, 0.3) is 0 Å². The molecule has 0 amide bonds. The predicted octanol–water partition coefficient (Wildman–Crippen LogP) is 2.94. The molecule has 1 aromatic rings. The highest BCUT2D eigenvalue weighted by molar-refractivity contribution is 5.46. The summed E-state index contributed by atoms with van der Waals surface area (Å²) < 4.78 is 13.3. The first kappa shape index (κ1) is 16.2. The van der Waals surface area contributed by atoms with Gasteiger partial charge in [0.2, 0.25) is 0 Å². The number of nitrogens with one attached hydrogen (secondary N) is 1. The van der Waals surface area contributed by atoms with E-state index in [2.05, 4.69) is 24.1 Å². The van der Waals surface area contributed by atoms with E-state index in [9.17, 15) is 9.50 Å². The Kier molecular flexibility index (Phi) is 5.59. The number of aliphatic hydroxyl groups is 1. The second-order valence-corrected chi connectivity index (χ2v) is 6.30. The number of anilines is 1. The van der Waals surface area contributed by atoms with Crippen LogP contribution in [0, 0.1) is 5.82 Å². The normalized spacial score (nSPS) is 17.5. The smallest absolute Gasteiger partial charge is 0.125 e. The number of hydrogen-bond donors (Lipinski definition) is 2. The summed E-state index contributed by atoms with van der Waals surface area (Å²) in [6.45, 7) is 6.06. The fourth-order valence-corrected chi connectivity index (χ4v) is 2.72. The maximum absolute atomic E-state index is 13.3. The van der Waals surface area contributed by atoms with Crippen molar-refractivity contribution in [2.24, 2.45) is 0 Å². The van der Waals surface area contributed by atoms with E-state index in [1.54, 1.807) is 12.1 Å². The van der Waals surface area contributed by atoms with Crippen molar-refractivity contribution in [2.45, 2.75) is 51.1 Å². The fraction of sp³-hybridized carbons (Fsp3) is 0.647. The molecule has 0 heterocycles. The zero-order chi connectivity index (χ0) is 15.3. The van der Waals surface area contributed by atoms with Crippen LogP contribution < -0.4 is 10.2 Å². The molecule has 1 aliphatic carbocycles. The van der Waals surface area contributed by atoms with E-state index in [4.69, 9.17) is 0 Å². The Morgan fingerprint density at radius 2 is 2.19 bits per heavy atom. The molecule has 2 rings (SSSR count). The van der Waals surface area contributed by atoms with Gasteiger partial charge in [0.15, 0.2) is 0 Å². The number of rotatable bonds is 9. The van der Waals surface area contributed by atoms with E-state index < -0.39 is 0 Å². The molecular formula is C17H27FN2O. The number of nitrogens with zero attached hydrogens (tertiary/aromatic N) is 1. The van der Waals surface area contributed by atoms with Gasteiger partial charge in [0.1, 0.15) is 5.82 Å². The van der Waals surface area contributed by atoms with E-state index in [1.165, 1.54) is 18.9 Å². The Bertz CT molecular complexity index is 450. The molecule has 1 fully saturated rings. The molecule has 0 aliphatic heterocycles. The summed E-state index contributed by atoms with van der Waals surface area (Å²) in [5.41, 5.74) is 0.737. The highest BCUT2D eigenvalue weighted by atomic mass is 19.1. The first-order valence-corrected chi connectivity index (χ1v) is 7.95. The highest BCUT2D eigenvalue weighted by Crippen LogP contribution is 2.25. The third kappa shape index (κ3) is 4.97. The minimum atomic E-state index is -0.193. The molecule has 1 unspecified atom stereocenters. The van der Waals surface area contributed by atoms with Gasteiger partial charge in [-0.2, -0.15) is 0 Å². The molecule has 0 saturated heterocycles. The lowest BCUT2D eigenvalue weighted by Crippen LogP contribution is -2.47. The van der Waals surface area contributed by atoms with Crippen LogP contribution in [0.25, 0.3) is 0 Å². The predicted molar refractivity (Wildman–Crippen MR) is 85.2 cm³/mol. The SMILES string of the molecule is CCN(CCCC(C)(CO)NC1CC1)c1cccc(F)c1. The Morgan fingerprint density at radius 1 is 1.43 bits per heavy atom. The minimum absolute atomic E-state index is 0.162. The van der Waals surface area contributed by atoms with Gasteiger partial charge in [-0.1, -0.05) is 6.07 Å². The van der Waals surface area contributed by atoms with Crippen molar-refractivity contribution in [3.05, 3.63) is 30.1 Å². The van der Waals surface area contributed by atoms with Crippen LogP contribution in [0.4, 0.5) is 10.1 Å². The molecule has 0 aromatic heterocycles. The first-order chi connectivity index (χ1) is 10.1. The van der Waals surface area contributed by atoms with Crippen LogP contribution in [0.5, 0.6) is 0 Å². The second-order valence-electron chi connectivity index (χ2n) is 6.30. The summed E-state index contributed by atoms with van der Waals surface area (Å²) in [6, 6.07) is 7.34. The van der Waals surface area contributed by atoms with E-state index in [-0.39, 0.29) is 18.0 Å². The van der Waals surface area contributed by atoms with Gasteiger partial charge in [0, 0.05) is 30.4 Å². The largest absolute Gasteiger partial charge is 0.394 e. The van der Waals surface area contributed by atoms with Crippen LogP contribution in [0.3, 0.4) is 0 Å². The van der Waals surface area contributed by atoms with Gasteiger partial charge in [-0.15, -0.1) is 0 Å². The number of benzene rings is 1. The molecule has 118 valence electrons. The quantitative estimate of drug-likeness (QED) is 0.735. The van der Waals surface area contributed by atoms with Crippen molar-refractivity contribution in [1.29, 1.82) is 0 Å². The minimum Gasteiger partial charge on any atom is -0.394 e. The second kappa shape index (κ2) is 7.23. The molecule has 1 saturated carbocycles. The van der Waals surface area contributed by atoms with E-state index in [0.717, 1.165) is 31.6 Å². The van der Waals surface area contributed by atoms with Gasteiger partial charge in [-0.3, -0.25) is 0 Å². The van der Waals surface area contributed by atoms with Gasteiger partial charge >= 0.3 is 0 Å². The molecular weight excluding hydrogens is 267 g/mol. The van der Waals surface area contributed by atoms with E-state index in [0.29, 0.717) is 6.04 Å². The molecule has 1 aliphatic rings. The molecule has 0 radical (unpaired) electrons.